The van der Waals surface area contributed by atoms with E-state index in [2.05, 4.69) is 46.9 Å². The molecule has 1 aliphatic carbocycles. The normalized spacial score (nSPS) is 25.1. The Hall–Kier alpha value is -2.54. The number of pyridine rings is 1. The first-order valence-electron chi connectivity index (χ1n) is 11.8. The predicted octanol–water partition coefficient (Wildman–Crippen LogP) is 3.73. The highest BCUT2D eigenvalue weighted by molar-refractivity contribution is 5.76. The summed E-state index contributed by atoms with van der Waals surface area (Å²) < 4.78 is 5.96. The SMILES string of the molecule is CC1=CC(CN2CCC(C(N)=O)CC2)C(C(C)C)CC1Cc1nnc(-c2cccnc2)o1. The molecule has 7 nitrogen and oxygen atoms in total. The van der Waals surface area contributed by atoms with Crippen LogP contribution < -0.4 is 5.73 Å². The van der Waals surface area contributed by atoms with Crippen LogP contribution in [-0.4, -0.2) is 45.6 Å². The molecule has 1 fully saturated rings. The standard InChI is InChI=1S/C25H35N5O2/c1-16(2)22-12-20(13-23-28-29-25(32-23)19-5-4-8-27-14-19)17(3)11-21(22)15-30-9-6-18(7-10-30)24(26)31/h4-5,8,11,14,16,18,20-22H,6-7,9-10,12-13,15H2,1-3H3,(H2,26,31). The van der Waals surface area contributed by atoms with E-state index >= 15 is 0 Å². The number of carbonyl (C=O) groups excluding carboxylic acids is 1. The maximum atomic E-state index is 11.5. The van der Waals surface area contributed by atoms with Gasteiger partial charge < -0.3 is 15.1 Å². The minimum Gasteiger partial charge on any atom is -0.421 e. The second kappa shape index (κ2) is 9.94. The van der Waals surface area contributed by atoms with Gasteiger partial charge in [0.05, 0.1) is 5.56 Å². The van der Waals surface area contributed by atoms with Gasteiger partial charge in [-0.15, -0.1) is 10.2 Å². The van der Waals surface area contributed by atoms with E-state index in [1.54, 1.807) is 12.4 Å². The lowest BCUT2D eigenvalue weighted by atomic mass is 9.69. The number of nitrogens with two attached hydrogens (primary N) is 1. The molecular weight excluding hydrogens is 402 g/mol. The molecule has 32 heavy (non-hydrogen) atoms. The van der Waals surface area contributed by atoms with Gasteiger partial charge >= 0.3 is 0 Å². The number of rotatable bonds is 7. The fraction of sp³-hybridized carbons (Fsp3) is 0.600. The molecule has 3 atom stereocenters. The highest BCUT2D eigenvalue weighted by Crippen LogP contribution is 2.39. The van der Waals surface area contributed by atoms with Gasteiger partial charge in [0.2, 0.25) is 17.7 Å². The summed E-state index contributed by atoms with van der Waals surface area (Å²) in [6, 6.07) is 3.80. The number of primary amides is 1. The van der Waals surface area contributed by atoms with E-state index < -0.39 is 0 Å². The van der Waals surface area contributed by atoms with Crippen LogP contribution in [0.25, 0.3) is 11.5 Å². The number of aromatic nitrogens is 3. The zero-order valence-corrected chi connectivity index (χ0v) is 19.4. The second-order valence-electron chi connectivity index (χ2n) is 9.84. The van der Waals surface area contributed by atoms with Crippen LogP contribution >= 0.6 is 0 Å². The highest BCUT2D eigenvalue weighted by atomic mass is 16.4. The van der Waals surface area contributed by atoms with E-state index in [9.17, 15) is 4.79 Å². The Morgan fingerprint density at radius 1 is 1.28 bits per heavy atom. The number of nitrogens with zero attached hydrogens (tertiary/aromatic N) is 4. The topological polar surface area (TPSA) is 98.1 Å². The van der Waals surface area contributed by atoms with Gasteiger partial charge in [0.25, 0.3) is 0 Å². The Kier molecular flexibility index (Phi) is 7.04. The molecule has 7 heteroatoms. The average molecular weight is 438 g/mol. The predicted molar refractivity (Wildman–Crippen MR) is 123 cm³/mol. The van der Waals surface area contributed by atoms with Crippen molar-refractivity contribution >= 4 is 5.91 Å². The molecule has 0 bridgehead atoms. The minimum atomic E-state index is -0.145. The van der Waals surface area contributed by atoms with Crippen molar-refractivity contribution in [3.63, 3.8) is 0 Å². The first-order valence-corrected chi connectivity index (χ1v) is 11.8. The van der Waals surface area contributed by atoms with Crippen molar-refractivity contribution in [1.29, 1.82) is 0 Å². The van der Waals surface area contributed by atoms with E-state index in [1.807, 2.05) is 12.1 Å². The monoisotopic (exact) mass is 437 g/mol. The molecule has 1 aliphatic heterocycles. The van der Waals surface area contributed by atoms with Crippen molar-refractivity contribution in [1.82, 2.24) is 20.1 Å². The van der Waals surface area contributed by atoms with Gasteiger partial charge in [-0.05, 0) is 75.1 Å². The van der Waals surface area contributed by atoms with Crippen LogP contribution in [0, 0.1) is 29.6 Å². The van der Waals surface area contributed by atoms with Crippen molar-refractivity contribution < 1.29 is 9.21 Å². The van der Waals surface area contributed by atoms with Gasteiger partial charge in [-0.25, -0.2) is 0 Å². The maximum absolute atomic E-state index is 11.5. The van der Waals surface area contributed by atoms with Crippen molar-refractivity contribution in [2.75, 3.05) is 19.6 Å². The molecule has 0 saturated carbocycles. The highest BCUT2D eigenvalue weighted by Gasteiger charge is 2.34. The molecule has 3 heterocycles. The van der Waals surface area contributed by atoms with Gasteiger partial charge in [0.15, 0.2) is 0 Å². The van der Waals surface area contributed by atoms with Crippen molar-refractivity contribution in [3.8, 4) is 11.5 Å². The Morgan fingerprint density at radius 3 is 2.72 bits per heavy atom. The van der Waals surface area contributed by atoms with Crippen LogP contribution in [0.15, 0.2) is 40.6 Å². The van der Waals surface area contributed by atoms with Crippen molar-refractivity contribution in [2.24, 2.45) is 35.3 Å². The summed E-state index contributed by atoms with van der Waals surface area (Å²) in [5.74, 6) is 3.28. The Balaban J connectivity index is 1.41. The van der Waals surface area contributed by atoms with E-state index in [4.69, 9.17) is 10.2 Å². The molecule has 2 aromatic heterocycles. The molecular formula is C25H35N5O2. The number of hydrogen-bond acceptors (Lipinski definition) is 6. The molecule has 3 unspecified atom stereocenters. The molecule has 0 radical (unpaired) electrons. The van der Waals surface area contributed by atoms with Crippen LogP contribution in [0.4, 0.5) is 0 Å². The van der Waals surface area contributed by atoms with Crippen LogP contribution in [0.2, 0.25) is 0 Å². The number of amides is 1. The quantitative estimate of drug-likeness (QED) is 0.663. The zero-order valence-electron chi connectivity index (χ0n) is 19.4. The van der Waals surface area contributed by atoms with Gasteiger partial charge in [-0.1, -0.05) is 25.5 Å². The van der Waals surface area contributed by atoms with Gasteiger partial charge in [-0.2, -0.15) is 0 Å². The summed E-state index contributed by atoms with van der Waals surface area (Å²) in [4.78, 5) is 18.1. The van der Waals surface area contributed by atoms with Gasteiger partial charge in [0, 0.05) is 31.3 Å². The zero-order chi connectivity index (χ0) is 22.7. The molecule has 4 rings (SSSR count). The summed E-state index contributed by atoms with van der Waals surface area (Å²) >= 11 is 0. The number of carbonyl (C=O) groups is 1. The second-order valence-corrected chi connectivity index (χ2v) is 9.84. The molecule has 0 spiro atoms. The lowest BCUT2D eigenvalue weighted by molar-refractivity contribution is -0.123. The van der Waals surface area contributed by atoms with Crippen LogP contribution in [0.3, 0.4) is 0 Å². The number of piperidine rings is 1. The molecule has 0 aromatic carbocycles. The largest absolute Gasteiger partial charge is 0.421 e. The van der Waals surface area contributed by atoms with E-state index in [0.29, 0.717) is 35.5 Å². The maximum Gasteiger partial charge on any atom is 0.249 e. The Bertz CT molecular complexity index is 931. The first-order chi connectivity index (χ1) is 15.4. The van der Waals surface area contributed by atoms with Gasteiger partial charge in [-0.3, -0.25) is 9.78 Å². The van der Waals surface area contributed by atoms with Crippen LogP contribution in [-0.2, 0) is 11.2 Å². The fourth-order valence-electron chi connectivity index (χ4n) is 5.34. The smallest absolute Gasteiger partial charge is 0.249 e. The summed E-state index contributed by atoms with van der Waals surface area (Å²) in [5, 5.41) is 8.53. The van der Waals surface area contributed by atoms with Gasteiger partial charge in [0.1, 0.15) is 0 Å². The van der Waals surface area contributed by atoms with Crippen LogP contribution in [0.1, 0.15) is 45.9 Å². The third-order valence-corrected chi connectivity index (χ3v) is 7.34. The van der Waals surface area contributed by atoms with E-state index in [1.165, 1.54) is 5.57 Å². The lowest BCUT2D eigenvalue weighted by Gasteiger charge is -2.40. The summed E-state index contributed by atoms with van der Waals surface area (Å²) in [7, 11) is 0. The lowest BCUT2D eigenvalue weighted by Crippen LogP contribution is -2.43. The number of likely N-dealkylation sites (tertiary alicyclic amines) is 1. The number of hydrogen-bond donors (Lipinski definition) is 1. The van der Waals surface area contributed by atoms with E-state index in [-0.39, 0.29) is 11.8 Å². The Labute approximate surface area is 190 Å². The van der Waals surface area contributed by atoms with Crippen molar-refractivity contribution in [2.45, 2.75) is 46.5 Å². The number of allylic oxidation sites excluding steroid dienone is 1. The van der Waals surface area contributed by atoms with E-state index in [0.717, 1.165) is 50.9 Å². The molecule has 172 valence electrons. The molecule has 1 amide bonds. The Morgan fingerprint density at radius 2 is 2.06 bits per heavy atom. The van der Waals surface area contributed by atoms with Crippen molar-refractivity contribution in [3.05, 3.63) is 42.1 Å². The molecule has 1 saturated heterocycles. The minimum absolute atomic E-state index is 0.0473. The third kappa shape index (κ3) is 5.26. The molecule has 2 N–H and O–H groups in total. The summed E-state index contributed by atoms with van der Waals surface area (Å²) in [6.45, 7) is 9.89. The third-order valence-electron chi connectivity index (χ3n) is 7.34. The molecule has 2 aliphatic rings. The average Bonchev–Trinajstić information content (AvgIpc) is 3.25. The summed E-state index contributed by atoms with van der Waals surface area (Å²) in [5.41, 5.74) is 7.77. The van der Waals surface area contributed by atoms with Crippen LogP contribution in [0.5, 0.6) is 0 Å². The molecule has 2 aromatic rings. The summed E-state index contributed by atoms with van der Waals surface area (Å²) in [6.07, 6.45) is 9.64. The first kappa shape index (κ1) is 22.6. The fourth-order valence-corrected chi connectivity index (χ4v) is 5.34.